The number of ether oxygens (including phenoxy) is 1. The van der Waals surface area contributed by atoms with Crippen molar-refractivity contribution in [2.75, 3.05) is 44.4 Å². The highest BCUT2D eigenvalue weighted by Gasteiger charge is 2.25. The van der Waals surface area contributed by atoms with Gasteiger partial charge < -0.3 is 20.3 Å². The highest BCUT2D eigenvalue weighted by molar-refractivity contribution is 6.00. The number of amides is 1. The summed E-state index contributed by atoms with van der Waals surface area (Å²) in [4.78, 5) is 16.6. The lowest BCUT2D eigenvalue weighted by molar-refractivity contribution is 0.0146. The van der Waals surface area contributed by atoms with E-state index in [1.807, 2.05) is 43.0 Å². The van der Waals surface area contributed by atoms with Crippen molar-refractivity contribution in [1.29, 1.82) is 0 Å². The van der Waals surface area contributed by atoms with Gasteiger partial charge in [0.1, 0.15) is 0 Å². The maximum atomic E-state index is 12.7. The van der Waals surface area contributed by atoms with Gasteiger partial charge in [-0.1, -0.05) is 0 Å². The van der Waals surface area contributed by atoms with Crippen molar-refractivity contribution >= 4 is 17.3 Å². The summed E-state index contributed by atoms with van der Waals surface area (Å²) < 4.78 is 5.63. The van der Waals surface area contributed by atoms with Crippen molar-refractivity contribution in [3.05, 3.63) is 23.8 Å². The van der Waals surface area contributed by atoms with E-state index in [9.17, 15) is 4.79 Å². The number of hydrogen-bond donors (Lipinski definition) is 1. The molecule has 2 rings (SSSR count). The van der Waals surface area contributed by atoms with Gasteiger partial charge in [0.15, 0.2) is 0 Å². The summed E-state index contributed by atoms with van der Waals surface area (Å²) >= 11 is 0. The second-order valence-electron chi connectivity index (χ2n) is 5.62. The fraction of sp³-hybridized carbons (Fsp3) is 0.562. The van der Waals surface area contributed by atoms with Crippen molar-refractivity contribution in [3.63, 3.8) is 0 Å². The van der Waals surface area contributed by atoms with Gasteiger partial charge in [0.05, 0.1) is 11.7 Å². The zero-order valence-corrected chi connectivity index (χ0v) is 13.1. The zero-order valence-electron chi connectivity index (χ0n) is 13.1. The minimum absolute atomic E-state index is 0.0564. The molecule has 1 aliphatic rings. The van der Waals surface area contributed by atoms with Gasteiger partial charge in [-0.3, -0.25) is 4.79 Å². The summed E-state index contributed by atoms with van der Waals surface area (Å²) in [6.07, 6.45) is 2.09. The highest BCUT2D eigenvalue weighted by atomic mass is 16.5. The third kappa shape index (κ3) is 3.67. The van der Waals surface area contributed by atoms with E-state index >= 15 is 0 Å². The predicted octanol–water partition coefficient (Wildman–Crippen LogP) is 1.98. The summed E-state index contributed by atoms with van der Waals surface area (Å²) in [5, 5.41) is 0. The lowest BCUT2D eigenvalue weighted by Gasteiger charge is -2.32. The largest absolute Gasteiger partial charge is 0.399 e. The Morgan fingerprint density at radius 1 is 1.38 bits per heavy atom. The first kappa shape index (κ1) is 15.6. The summed E-state index contributed by atoms with van der Waals surface area (Å²) in [5.74, 6) is 0.0564. The maximum absolute atomic E-state index is 12.7. The molecule has 0 aromatic heterocycles. The summed E-state index contributed by atoms with van der Waals surface area (Å²) in [5.41, 5.74) is 8.05. The fourth-order valence-corrected chi connectivity index (χ4v) is 2.75. The van der Waals surface area contributed by atoms with Crippen molar-refractivity contribution < 1.29 is 9.53 Å². The van der Waals surface area contributed by atoms with Crippen molar-refractivity contribution in [2.45, 2.75) is 25.9 Å². The van der Waals surface area contributed by atoms with Gasteiger partial charge in [-0.15, -0.1) is 0 Å². The van der Waals surface area contributed by atoms with Crippen molar-refractivity contribution in [2.24, 2.45) is 0 Å². The quantitative estimate of drug-likeness (QED) is 0.862. The summed E-state index contributed by atoms with van der Waals surface area (Å²) in [6, 6.07) is 5.50. The van der Waals surface area contributed by atoms with Crippen LogP contribution in [0.5, 0.6) is 0 Å². The Hall–Kier alpha value is -1.75. The standard InChI is InChI=1S/C16H25N3O2/c1-4-21-13-7-9-19(10-8-13)16(20)14-11-12(17)5-6-15(14)18(2)3/h5-6,11,13H,4,7-10,17H2,1-3H3. The highest BCUT2D eigenvalue weighted by Crippen LogP contribution is 2.25. The molecule has 0 radical (unpaired) electrons. The van der Waals surface area contributed by atoms with Crippen LogP contribution in [0.4, 0.5) is 11.4 Å². The van der Waals surface area contributed by atoms with Crippen LogP contribution in [0.3, 0.4) is 0 Å². The molecule has 21 heavy (non-hydrogen) atoms. The predicted molar refractivity (Wildman–Crippen MR) is 85.7 cm³/mol. The first-order chi connectivity index (χ1) is 10.0. The van der Waals surface area contributed by atoms with E-state index < -0.39 is 0 Å². The van der Waals surface area contributed by atoms with Crippen LogP contribution < -0.4 is 10.6 Å². The van der Waals surface area contributed by atoms with Gasteiger partial charge in [-0.25, -0.2) is 0 Å². The van der Waals surface area contributed by atoms with Gasteiger partial charge in [0, 0.05) is 45.2 Å². The van der Waals surface area contributed by atoms with Crippen molar-refractivity contribution in [3.8, 4) is 0 Å². The maximum Gasteiger partial charge on any atom is 0.256 e. The van der Waals surface area contributed by atoms with Crippen LogP contribution in [0, 0.1) is 0 Å². The molecule has 0 spiro atoms. The van der Waals surface area contributed by atoms with E-state index in [0.717, 1.165) is 38.2 Å². The van der Waals surface area contributed by atoms with E-state index in [-0.39, 0.29) is 12.0 Å². The first-order valence-corrected chi connectivity index (χ1v) is 7.50. The van der Waals surface area contributed by atoms with Crippen LogP contribution in [0.15, 0.2) is 18.2 Å². The molecule has 1 aromatic carbocycles. The Labute approximate surface area is 126 Å². The number of piperidine rings is 1. The van der Waals surface area contributed by atoms with E-state index in [0.29, 0.717) is 11.3 Å². The molecule has 0 unspecified atom stereocenters. The zero-order chi connectivity index (χ0) is 15.4. The molecular formula is C16H25N3O2. The summed E-state index contributed by atoms with van der Waals surface area (Å²) in [6.45, 7) is 4.22. The third-order valence-corrected chi connectivity index (χ3v) is 3.86. The minimum atomic E-state index is 0.0564. The third-order valence-electron chi connectivity index (χ3n) is 3.86. The molecule has 1 heterocycles. The Balaban J connectivity index is 2.12. The molecule has 0 bridgehead atoms. The SMILES string of the molecule is CCOC1CCN(C(=O)c2cc(N)ccc2N(C)C)CC1. The average molecular weight is 291 g/mol. The Morgan fingerprint density at radius 3 is 2.62 bits per heavy atom. The van der Waals surface area contributed by atoms with Crippen LogP contribution in [-0.4, -0.2) is 50.7 Å². The number of anilines is 2. The number of hydrogen-bond acceptors (Lipinski definition) is 4. The molecule has 5 heteroatoms. The normalized spacial score (nSPS) is 16.0. The number of carbonyl (C=O) groups is 1. The fourth-order valence-electron chi connectivity index (χ4n) is 2.75. The molecule has 0 atom stereocenters. The van der Waals surface area contributed by atoms with E-state index in [1.54, 1.807) is 6.07 Å². The van der Waals surface area contributed by atoms with Crippen molar-refractivity contribution in [1.82, 2.24) is 4.90 Å². The lowest BCUT2D eigenvalue weighted by atomic mass is 10.0. The molecule has 1 fully saturated rings. The molecular weight excluding hydrogens is 266 g/mol. The second-order valence-corrected chi connectivity index (χ2v) is 5.62. The number of rotatable bonds is 4. The van der Waals surface area contributed by atoms with Gasteiger partial charge in [-0.05, 0) is 38.0 Å². The van der Waals surface area contributed by atoms with Gasteiger partial charge >= 0.3 is 0 Å². The molecule has 5 nitrogen and oxygen atoms in total. The molecule has 1 saturated heterocycles. The monoisotopic (exact) mass is 291 g/mol. The molecule has 1 aliphatic heterocycles. The number of benzene rings is 1. The molecule has 1 aromatic rings. The van der Waals surface area contributed by atoms with E-state index in [2.05, 4.69) is 0 Å². The number of nitrogens with zero attached hydrogens (tertiary/aromatic N) is 2. The van der Waals surface area contributed by atoms with Gasteiger partial charge in [-0.2, -0.15) is 0 Å². The van der Waals surface area contributed by atoms with Gasteiger partial charge in [0.2, 0.25) is 0 Å². The van der Waals surface area contributed by atoms with E-state index in [1.165, 1.54) is 0 Å². The van der Waals surface area contributed by atoms with Crippen LogP contribution in [0.2, 0.25) is 0 Å². The molecule has 0 saturated carbocycles. The molecule has 116 valence electrons. The Morgan fingerprint density at radius 2 is 2.05 bits per heavy atom. The number of likely N-dealkylation sites (tertiary alicyclic amines) is 1. The Kier molecular flexibility index (Phi) is 5.07. The first-order valence-electron chi connectivity index (χ1n) is 7.50. The van der Waals surface area contributed by atoms with Crippen LogP contribution in [-0.2, 0) is 4.74 Å². The van der Waals surface area contributed by atoms with Crippen LogP contribution >= 0.6 is 0 Å². The molecule has 0 aliphatic carbocycles. The van der Waals surface area contributed by atoms with Crippen LogP contribution in [0.25, 0.3) is 0 Å². The second kappa shape index (κ2) is 6.80. The molecule has 1 amide bonds. The number of nitrogens with two attached hydrogens (primary N) is 1. The Bertz CT molecular complexity index is 494. The topological polar surface area (TPSA) is 58.8 Å². The summed E-state index contributed by atoms with van der Waals surface area (Å²) in [7, 11) is 3.87. The molecule has 2 N–H and O–H groups in total. The number of carbonyl (C=O) groups excluding carboxylic acids is 1. The minimum Gasteiger partial charge on any atom is -0.399 e. The average Bonchev–Trinajstić information content (AvgIpc) is 2.47. The van der Waals surface area contributed by atoms with Crippen LogP contribution in [0.1, 0.15) is 30.1 Å². The van der Waals surface area contributed by atoms with E-state index in [4.69, 9.17) is 10.5 Å². The number of nitrogen functional groups attached to an aromatic ring is 1. The lowest BCUT2D eigenvalue weighted by Crippen LogP contribution is -2.41. The van der Waals surface area contributed by atoms with Gasteiger partial charge in [0.25, 0.3) is 5.91 Å². The smallest absolute Gasteiger partial charge is 0.256 e.